The zero-order chi connectivity index (χ0) is 15.7. The number of ether oxygens (including phenoxy) is 1. The molecule has 1 N–H and O–H groups in total. The molecule has 0 radical (unpaired) electrons. The standard InChI is InChI=1S/C17H19NO4/c1-22-14-5-4-12-7-11(8-13(12)10-14)9-16(19)18-6-2-3-15(18)17(20)21/h4-5,8,10,15H,2-3,6-7,9H2,1H3,(H,20,21)/t15-/m0/s1. The number of benzene rings is 1. The Kier molecular flexibility index (Phi) is 3.88. The van der Waals surface area contributed by atoms with E-state index in [9.17, 15) is 14.7 Å². The summed E-state index contributed by atoms with van der Waals surface area (Å²) >= 11 is 0. The van der Waals surface area contributed by atoms with Crippen LogP contribution < -0.4 is 4.74 Å². The number of hydrogen-bond donors (Lipinski definition) is 1. The van der Waals surface area contributed by atoms with Gasteiger partial charge in [-0.3, -0.25) is 4.79 Å². The second kappa shape index (κ2) is 5.83. The van der Waals surface area contributed by atoms with Crippen molar-refractivity contribution in [2.75, 3.05) is 13.7 Å². The molecular formula is C17H19NO4. The highest BCUT2D eigenvalue weighted by Gasteiger charge is 2.34. The van der Waals surface area contributed by atoms with Gasteiger partial charge < -0.3 is 14.7 Å². The number of aliphatic carboxylic acids is 1. The van der Waals surface area contributed by atoms with Gasteiger partial charge in [-0.05, 0) is 42.5 Å². The van der Waals surface area contributed by atoms with Gasteiger partial charge in [0.1, 0.15) is 11.8 Å². The van der Waals surface area contributed by atoms with Gasteiger partial charge in [-0.2, -0.15) is 0 Å². The Morgan fingerprint density at radius 3 is 2.95 bits per heavy atom. The Bertz CT molecular complexity index is 650. The van der Waals surface area contributed by atoms with E-state index in [1.807, 2.05) is 24.3 Å². The molecule has 1 aliphatic heterocycles. The minimum Gasteiger partial charge on any atom is -0.497 e. The summed E-state index contributed by atoms with van der Waals surface area (Å²) in [6, 6.07) is 5.23. The largest absolute Gasteiger partial charge is 0.497 e. The van der Waals surface area contributed by atoms with Crippen LogP contribution in [0.1, 0.15) is 30.4 Å². The van der Waals surface area contributed by atoms with Gasteiger partial charge in [0, 0.05) is 13.0 Å². The van der Waals surface area contributed by atoms with E-state index in [2.05, 4.69) is 0 Å². The van der Waals surface area contributed by atoms with Crippen molar-refractivity contribution in [2.45, 2.75) is 31.7 Å². The summed E-state index contributed by atoms with van der Waals surface area (Å²) < 4.78 is 5.21. The van der Waals surface area contributed by atoms with E-state index in [1.165, 1.54) is 10.5 Å². The predicted octanol–water partition coefficient (Wildman–Crippen LogP) is 2.10. The summed E-state index contributed by atoms with van der Waals surface area (Å²) in [4.78, 5) is 25.1. The Labute approximate surface area is 129 Å². The van der Waals surface area contributed by atoms with Gasteiger partial charge in [-0.25, -0.2) is 4.79 Å². The molecule has 2 aliphatic rings. The minimum atomic E-state index is -0.903. The van der Waals surface area contributed by atoms with Crippen LogP contribution in [0.4, 0.5) is 0 Å². The molecule has 0 bridgehead atoms. The lowest BCUT2D eigenvalue weighted by Crippen LogP contribution is -2.40. The topological polar surface area (TPSA) is 66.8 Å². The van der Waals surface area contributed by atoms with E-state index in [4.69, 9.17) is 4.74 Å². The molecule has 1 atom stereocenters. The van der Waals surface area contributed by atoms with Gasteiger partial charge in [0.15, 0.2) is 0 Å². The molecule has 1 aliphatic carbocycles. The maximum Gasteiger partial charge on any atom is 0.326 e. The molecule has 5 nitrogen and oxygen atoms in total. The van der Waals surface area contributed by atoms with Crippen LogP contribution in [-0.4, -0.2) is 41.6 Å². The normalized spacial score (nSPS) is 19.8. The number of amides is 1. The molecule has 0 unspecified atom stereocenters. The summed E-state index contributed by atoms with van der Waals surface area (Å²) in [5.41, 5.74) is 3.29. The fourth-order valence-corrected chi connectivity index (χ4v) is 3.24. The molecule has 3 rings (SSSR count). The number of likely N-dealkylation sites (tertiary alicyclic amines) is 1. The lowest BCUT2D eigenvalue weighted by atomic mass is 10.1. The van der Waals surface area contributed by atoms with Crippen molar-refractivity contribution < 1.29 is 19.4 Å². The smallest absolute Gasteiger partial charge is 0.326 e. The van der Waals surface area contributed by atoms with E-state index in [0.717, 1.165) is 29.7 Å². The number of carbonyl (C=O) groups excluding carboxylic acids is 1. The number of carbonyl (C=O) groups is 2. The van der Waals surface area contributed by atoms with Gasteiger partial charge in [-0.1, -0.05) is 17.7 Å². The van der Waals surface area contributed by atoms with E-state index in [1.54, 1.807) is 7.11 Å². The lowest BCUT2D eigenvalue weighted by Gasteiger charge is -2.21. The van der Waals surface area contributed by atoms with Crippen LogP contribution in [0.3, 0.4) is 0 Å². The predicted molar refractivity (Wildman–Crippen MR) is 81.7 cm³/mol. The molecule has 1 saturated heterocycles. The summed E-state index contributed by atoms with van der Waals surface area (Å²) in [7, 11) is 1.63. The highest BCUT2D eigenvalue weighted by molar-refractivity contribution is 5.87. The molecular weight excluding hydrogens is 282 g/mol. The monoisotopic (exact) mass is 301 g/mol. The number of nitrogens with zero attached hydrogens (tertiary/aromatic N) is 1. The number of carboxylic acids is 1. The number of hydrogen-bond acceptors (Lipinski definition) is 3. The highest BCUT2D eigenvalue weighted by Crippen LogP contribution is 2.31. The van der Waals surface area contributed by atoms with Crippen molar-refractivity contribution in [2.24, 2.45) is 0 Å². The molecule has 1 fully saturated rings. The van der Waals surface area contributed by atoms with E-state index >= 15 is 0 Å². The summed E-state index contributed by atoms with van der Waals surface area (Å²) in [6.07, 6.45) is 4.37. The quantitative estimate of drug-likeness (QED) is 0.925. The van der Waals surface area contributed by atoms with E-state index in [0.29, 0.717) is 19.4 Å². The van der Waals surface area contributed by atoms with Crippen molar-refractivity contribution in [1.82, 2.24) is 4.90 Å². The SMILES string of the molecule is COc1ccc2c(c1)C=C(CC(=O)N1CCC[C@H]1C(=O)O)C2. The van der Waals surface area contributed by atoms with Gasteiger partial charge in [-0.15, -0.1) is 0 Å². The molecule has 0 spiro atoms. The first kappa shape index (κ1) is 14.6. The Hall–Kier alpha value is -2.30. The third kappa shape index (κ3) is 2.71. The fraction of sp³-hybridized carbons (Fsp3) is 0.412. The molecule has 116 valence electrons. The van der Waals surface area contributed by atoms with Crippen LogP contribution in [-0.2, 0) is 16.0 Å². The molecule has 1 aromatic rings. The molecule has 1 heterocycles. The van der Waals surface area contributed by atoms with Crippen molar-refractivity contribution in [3.8, 4) is 5.75 Å². The maximum absolute atomic E-state index is 12.4. The zero-order valence-corrected chi connectivity index (χ0v) is 12.5. The number of rotatable bonds is 4. The zero-order valence-electron chi connectivity index (χ0n) is 12.5. The van der Waals surface area contributed by atoms with Crippen LogP contribution >= 0.6 is 0 Å². The third-order valence-electron chi connectivity index (χ3n) is 4.37. The first-order valence-corrected chi connectivity index (χ1v) is 7.47. The Morgan fingerprint density at radius 1 is 1.41 bits per heavy atom. The van der Waals surface area contributed by atoms with Crippen LogP contribution in [0.15, 0.2) is 23.8 Å². The van der Waals surface area contributed by atoms with Crippen molar-refractivity contribution in [1.29, 1.82) is 0 Å². The third-order valence-corrected chi connectivity index (χ3v) is 4.37. The maximum atomic E-state index is 12.4. The average molecular weight is 301 g/mol. The summed E-state index contributed by atoms with van der Waals surface area (Å²) in [5.74, 6) is -0.191. The van der Waals surface area contributed by atoms with Gasteiger partial charge in [0.2, 0.25) is 5.91 Å². The van der Waals surface area contributed by atoms with E-state index in [-0.39, 0.29) is 5.91 Å². The Balaban J connectivity index is 1.69. The summed E-state index contributed by atoms with van der Waals surface area (Å²) in [6.45, 7) is 0.545. The number of carboxylic acid groups (broad SMARTS) is 1. The first-order chi connectivity index (χ1) is 10.6. The van der Waals surface area contributed by atoms with Gasteiger partial charge in [0.25, 0.3) is 0 Å². The molecule has 1 aromatic carbocycles. The van der Waals surface area contributed by atoms with Crippen molar-refractivity contribution >= 4 is 18.0 Å². The molecule has 5 heteroatoms. The van der Waals surface area contributed by atoms with Crippen LogP contribution in [0.2, 0.25) is 0 Å². The number of fused-ring (bicyclic) bond motifs is 1. The molecule has 22 heavy (non-hydrogen) atoms. The van der Waals surface area contributed by atoms with Crippen LogP contribution in [0.25, 0.3) is 6.08 Å². The average Bonchev–Trinajstić information content (AvgIpc) is 3.12. The van der Waals surface area contributed by atoms with Crippen molar-refractivity contribution in [3.05, 3.63) is 34.9 Å². The van der Waals surface area contributed by atoms with Gasteiger partial charge >= 0.3 is 5.97 Å². The molecule has 0 aromatic heterocycles. The van der Waals surface area contributed by atoms with E-state index < -0.39 is 12.0 Å². The fourth-order valence-electron chi connectivity index (χ4n) is 3.24. The lowest BCUT2D eigenvalue weighted by molar-refractivity contribution is -0.147. The Morgan fingerprint density at radius 2 is 2.23 bits per heavy atom. The molecule has 1 amide bonds. The van der Waals surface area contributed by atoms with Crippen molar-refractivity contribution in [3.63, 3.8) is 0 Å². The second-order valence-electron chi connectivity index (χ2n) is 5.80. The number of methoxy groups -OCH3 is 1. The first-order valence-electron chi connectivity index (χ1n) is 7.47. The minimum absolute atomic E-state index is 0.0871. The molecule has 0 saturated carbocycles. The van der Waals surface area contributed by atoms with Gasteiger partial charge in [0.05, 0.1) is 7.11 Å². The highest BCUT2D eigenvalue weighted by atomic mass is 16.5. The van der Waals surface area contributed by atoms with Crippen LogP contribution in [0.5, 0.6) is 5.75 Å². The second-order valence-corrected chi connectivity index (χ2v) is 5.80. The summed E-state index contributed by atoms with van der Waals surface area (Å²) in [5, 5.41) is 9.17. The van der Waals surface area contributed by atoms with Crippen LogP contribution in [0, 0.1) is 0 Å².